The number of aromatic nitrogens is 2. The van der Waals surface area contributed by atoms with E-state index in [1.165, 1.54) is 0 Å². The average molecular weight is 553 g/mol. The maximum atomic E-state index is 13.9. The Hall–Kier alpha value is -4.62. The van der Waals surface area contributed by atoms with Crippen molar-refractivity contribution < 1.29 is 9.53 Å². The van der Waals surface area contributed by atoms with Crippen LogP contribution in [0.5, 0.6) is 5.75 Å². The molecule has 1 aromatic heterocycles. The van der Waals surface area contributed by atoms with Gasteiger partial charge in [0.15, 0.2) is 0 Å². The van der Waals surface area contributed by atoms with E-state index in [2.05, 4.69) is 5.32 Å². The molecule has 0 radical (unpaired) electrons. The molecule has 0 saturated carbocycles. The number of hydrogen-bond donors (Lipinski definition) is 1. The molecular weight excluding hydrogens is 524 g/mol. The number of benzene rings is 4. The molecule has 4 aromatic carbocycles. The molecule has 2 amide bonds. The van der Waals surface area contributed by atoms with Gasteiger partial charge in [-0.3, -0.25) is 9.36 Å². The summed E-state index contributed by atoms with van der Waals surface area (Å²) in [5.41, 5.74) is 2.48. The molecule has 5 aromatic rings. The maximum absolute atomic E-state index is 13.9. The first-order valence-electron chi connectivity index (χ1n) is 13.1. The second-order valence-electron chi connectivity index (χ2n) is 9.28. The molecule has 0 saturated heterocycles. The minimum absolute atomic E-state index is 0.216. The van der Waals surface area contributed by atoms with Gasteiger partial charge in [0.25, 0.3) is 5.56 Å². The minimum atomic E-state index is -0.594. The monoisotopic (exact) mass is 552 g/mol. The highest BCUT2D eigenvalue weighted by atomic mass is 35.5. The summed E-state index contributed by atoms with van der Waals surface area (Å²) in [6.45, 7) is 4.62. The standard InChI is InChI=1S/C32H29ClN4O3/c1-3-40-27-18-16-26(17-19-27)37-30(35-29-15-8-7-14-28(29)31(37)38)22(2)36(21-23-10-5-4-6-11-23)32(39)34-25-13-9-12-24(33)20-25/h4-20,22H,3,21H2,1-2H3,(H,34,39). The molecule has 40 heavy (non-hydrogen) atoms. The van der Waals surface area contributed by atoms with Crippen LogP contribution in [-0.4, -0.2) is 27.1 Å². The van der Waals surface area contributed by atoms with E-state index in [-0.39, 0.29) is 11.6 Å². The zero-order valence-electron chi connectivity index (χ0n) is 22.3. The van der Waals surface area contributed by atoms with Gasteiger partial charge in [-0.25, -0.2) is 9.78 Å². The maximum Gasteiger partial charge on any atom is 0.322 e. The first kappa shape index (κ1) is 27.0. The lowest BCUT2D eigenvalue weighted by molar-refractivity contribution is 0.185. The van der Waals surface area contributed by atoms with Crippen LogP contribution < -0.4 is 15.6 Å². The van der Waals surface area contributed by atoms with Crippen LogP contribution in [0.1, 0.15) is 31.3 Å². The van der Waals surface area contributed by atoms with Gasteiger partial charge in [-0.15, -0.1) is 0 Å². The van der Waals surface area contributed by atoms with Crippen LogP contribution in [0, 0.1) is 0 Å². The van der Waals surface area contributed by atoms with Crippen LogP contribution in [0.3, 0.4) is 0 Å². The number of carbonyl (C=O) groups is 1. The molecule has 1 unspecified atom stereocenters. The van der Waals surface area contributed by atoms with Crippen molar-refractivity contribution in [3.8, 4) is 11.4 Å². The fraction of sp³-hybridized carbons (Fsp3) is 0.156. The molecule has 0 aliphatic carbocycles. The molecule has 0 bridgehead atoms. The summed E-state index contributed by atoms with van der Waals surface area (Å²) >= 11 is 6.17. The molecule has 0 fully saturated rings. The van der Waals surface area contributed by atoms with Crippen molar-refractivity contribution in [1.82, 2.24) is 14.5 Å². The number of nitrogens with one attached hydrogen (secondary N) is 1. The topological polar surface area (TPSA) is 76.5 Å². The molecule has 0 aliphatic heterocycles. The second kappa shape index (κ2) is 12.1. The zero-order chi connectivity index (χ0) is 28.1. The second-order valence-corrected chi connectivity index (χ2v) is 9.72. The Balaban J connectivity index is 1.63. The summed E-state index contributed by atoms with van der Waals surface area (Å²) < 4.78 is 7.18. The Morgan fingerprint density at radius 1 is 0.975 bits per heavy atom. The Morgan fingerprint density at radius 2 is 1.70 bits per heavy atom. The van der Waals surface area contributed by atoms with Gasteiger partial charge in [0.05, 0.1) is 29.2 Å². The van der Waals surface area contributed by atoms with Crippen molar-refractivity contribution in [3.63, 3.8) is 0 Å². The van der Waals surface area contributed by atoms with E-state index in [0.717, 1.165) is 5.56 Å². The number of hydrogen-bond acceptors (Lipinski definition) is 4. The predicted octanol–water partition coefficient (Wildman–Crippen LogP) is 7.23. The van der Waals surface area contributed by atoms with Crippen molar-refractivity contribution in [2.45, 2.75) is 26.4 Å². The van der Waals surface area contributed by atoms with Gasteiger partial charge in [0, 0.05) is 17.3 Å². The summed E-state index contributed by atoms with van der Waals surface area (Å²) in [6, 6.07) is 30.3. The van der Waals surface area contributed by atoms with Crippen LogP contribution in [0.25, 0.3) is 16.6 Å². The van der Waals surface area contributed by atoms with Gasteiger partial charge in [0.2, 0.25) is 0 Å². The number of amides is 2. The number of ether oxygens (including phenoxy) is 1. The van der Waals surface area contributed by atoms with Crippen molar-refractivity contribution in [2.75, 3.05) is 11.9 Å². The highest BCUT2D eigenvalue weighted by Gasteiger charge is 2.27. The van der Waals surface area contributed by atoms with Crippen LogP contribution in [0.15, 0.2) is 108 Å². The Kier molecular flexibility index (Phi) is 8.12. The molecule has 202 valence electrons. The number of rotatable bonds is 8. The number of urea groups is 1. The van der Waals surface area contributed by atoms with Gasteiger partial charge in [-0.1, -0.05) is 60.1 Å². The van der Waals surface area contributed by atoms with Crippen molar-refractivity contribution >= 4 is 34.2 Å². The average Bonchev–Trinajstić information content (AvgIpc) is 2.97. The highest BCUT2D eigenvalue weighted by Crippen LogP contribution is 2.27. The van der Waals surface area contributed by atoms with E-state index in [1.807, 2.05) is 86.6 Å². The van der Waals surface area contributed by atoms with Crippen molar-refractivity contribution in [1.29, 1.82) is 0 Å². The predicted molar refractivity (Wildman–Crippen MR) is 159 cm³/mol. The van der Waals surface area contributed by atoms with E-state index in [1.54, 1.807) is 39.8 Å². The van der Waals surface area contributed by atoms with E-state index in [9.17, 15) is 9.59 Å². The SMILES string of the molecule is CCOc1ccc(-n2c(C(C)N(Cc3ccccc3)C(=O)Nc3cccc(Cl)c3)nc3ccccc3c2=O)cc1. The largest absolute Gasteiger partial charge is 0.494 e. The summed E-state index contributed by atoms with van der Waals surface area (Å²) in [4.78, 5) is 34.3. The van der Waals surface area contributed by atoms with Gasteiger partial charge < -0.3 is 15.0 Å². The first-order valence-corrected chi connectivity index (χ1v) is 13.4. The fourth-order valence-electron chi connectivity index (χ4n) is 4.60. The number of halogens is 1. The van der Waals surface area contributed by atoms with Gasteiger partial charge in [-0.05, 0) is 74.0 Å². The van der Waals surface area contributed by atoms with E-state index < -0.39 is 6.04 Å². The molecule has 1 N–H and O–H groups in total. The quantitative estimate of drug-likeness (QED) is 0.220. The highest BCUT2D eigenvalue weighted by molar-refractivity contribution is 6.30. The van der Waals surface area contributed by atoms with Crippen molar-refractivity contribution in [2.24, 2.45) is 0 Å². The smallest absolute Gasteiger partial charge is 0.322 e. The van der Waals surface area contributed by atoms with Crippen LogP contribution >= 0.6 is 11.6 Å². The zero-order valence-corrected chi connectivity index (χ0v) is 23.0. The van der Waals surface area contributed by atoms with Gasteiger partial charge >= 0.3 is 6.03 Å². The minimum Gasteiger partial charge on any atom is -0.494 e. The number of fused-ring (bicyclic) bond motifs is 1. The van der Waals surface area contributed by atoms with Gasteiger partial charge in [-0.2, -0.15) is 0 Å². The summed E-state index contributed by atoms with van der Waals surface area (Å²) in [6.07, 6.45) is 0. The Morgan fingerprint density at radius 3 is 2.42 bits per heavy atom. The summed E-state index contributed by atoms with van der Waals surface area (Å²) in [5.74, 6) is 1.14. The summed E-state index contributed by atoms with van der Waals surface area (Å²) in [7, 11) is 0. The third-order valence-electron chi connectivity index (χ3n) is 6.58. The molecule has 0 spiro atoms. The fourth-order valence-corrected chi connectivity index (χ4v) is 4.79. The van der Waals surface area contributed by atoms with Crippen LogP contribution in [0.2, 0.25) is 5.02 Å². The van der Waals surface area contributed by atoms with Gasteiger partial charge in [0.1, 0.15) is 11.6 Å². The normalized spacial score (nSPS) is 11.7. The Labute approximate surface area is 237 Å². The lowest BCUT2D eigenvalue weighted by Crippen LogP contribution is -2.39. The molecule has 5 rings (SSSR count). The van der Waals surface area contributed by atoms with E-state index in [0.29, 0.717) is 52.0 Å². The first-order chi connectivity index (χ1) is 19.4. The van der Waals surface area contributed by atoms with E-state index in [4.69, 9.17) is 21.3 Å². The molecule has 1 atom stereocenters. The van der Waals surface area contributed by atoms with Crippen LogP contribution in [-0.2, 0) is 6.54 Å². The lowest BCUT2D eigenvalue weighted by atomic mass is 10.1. The number of anilines is 1. The molecule has 1 heterocycles. The number of nitrogens with zero attached hydrogens (tertiary/aromatic N) is 3. The molecular formula is C32H29ClN4O3. The van der Waals surface area contributed by atoms with E-state index >= 15 is 0 Å². The lowest BCUT2D eigenvalue weighted by Gasteiger charge is -2.31. The summed E-state index contributed by atoms with van der Waals surface area (Å²) in [5, 5.41) is 3.96. The molecule has 8 heteroatoms. The Bertz CT molecular complexity index is 1690. The third-order valence-corrected chi connectivity index (χ3v) is 6.82. The third kappa shape index (κ3) is 5.84. The molecule has 7 nitrogen and oxygen atoms in total. The number of carbonyl (C=O) groups excluding carboxylic acids is 1. The van der Waals surface area contributed by atoms with Crippen LogP contribution in [0.4, 0.5) is 10.5 Å². The molecule has 0 aliphatic rings. The van der Waals surface area contributed by atoms with Crippen molar-refractivity contribution in [3.05, 3.63) is 130 Å². The number of para-hydroxylation sites is 1.